The zero-order chi connectivity index (χ0) is 20.8. The zero-order valence-electron chi connectivity index (χ0n) is 16.3. The summed E-state index contributed by atoms with van der Waals surface area (Å²) in [5.41, 5.74) is 10.5. The number of hydrogen-bond acceptors (Lipinski definition) is 3. The van der Waals surface area contributed by atoms with Crippen LogP contribution in [0.15, 0.2) is 115 Å². The molecule has 0 aromatic heterocycles. The van der Waals surface area contributed by atoms with Crippen molar-refractivity contribution >= 4 is 11.7 Å². The van der Waals surface area contributed by atoms with Crippen LogP contribution in [0.5, 0.6) is 0 Å². The first kappa shape index (κ1) is 19.4. The summed E-state index contributed by atoms with van der Waals surface area (Å²) in [6.45, 7) is 0. The number of hydrazine groups is 1. The largest absolute Gasteiger partial charge is 0.478 e. The van der Waals surface area contributed by atoms with E-state index in [0.717, 1.165) is 22.4 Å². The Morgan fingerprint density at radius 2 is 1.00 bits per heavy atom. The van der Waals surface area contributed by atoms with E-state index in [1.807, 2.05) is 54.6 Å². The number of rotatable bonds is 7. The molecule has 4 aromatic carbocycles. The quantitative estimate of drug-likeness (QED) is 0.294. The van der Waals surface area contributed by atoms with E-state index in [4.69, 9.17) is 5.11 Å². The minimum atomic E-state index is -0.943. The molecule has 0 bridgehead atoms. The third-order valence-electron chi connectivity index (χ3n) is 5.15. The molecular formula is C26H22N2O2. The van der Waals surface area contributed by atoms with E-state index in [0.29, 0.717) is 0 Å². The van der Waals surface area contributed by atoms with Crippen molar-refractivity contribution in [2.45, 2.75) is 5.54 Å². The second-order valence-corrected chi connectivity index (χ2v) is 6.98. The van der Waals surface area contributed by atoms with Gasteiger partial charge in [0, 0.05) is 5.69 Å². The average Bonchev–Trinajstić information content (AvgIpc) is 2.82. The molecule has 0 saturated heterocycles. The second kappa shape index (κ2) is 8.64. The van der Waals surface area contributed by atoms with E-state index in [9.17, 15) is 4.79 Å². The molecule has 4 nitrogen and oxygen atoms in total. The van der Waals surface area contributed by atoms with Gasteiger partial charge in [0.05, 0.1) is 5.56 Å². The van der Waals surface area contributed by atoms with Crippen molar-refractivity contribution in [3.63, 3.8) is 0 Å². The molecule has 0 heterocycles. The van der Waals surface area contributed by atoms with Crippen molar-refractivity contribution in [3.8, 4) is 0 Å². The van der Waals surface area contributed by atoms with Crippen molar-refractivity contribution in [1.82, 2.24) is 5.43 Å². The highest BCUT2D eigenvalue weighted by atomic mass is 16.4. The number of anilines is 1. The van der Waals surface area contributed by atoms with Gasteiger partial charge in [0.2, 0.25) is 0 Å². The standard InChI is InChI=1S/C26H22N2O2/c29-25(30)20-16-18-24(19-17-20)27-28-26(21-10-4-1-5-11-21,22-12-6-2-7-13-22)23-14-8-3-9-15-23/h1-19,27-28H,(H,29,30). The molecule has 4 aromatic rings. The predicted molar refractivity (Wildman–Crippen MR) is 119 cm³/mol. The minimum Gasteiger partial charge on any atom is -0.478 e. The fourth-order valence-corrected chi connectivity index (χ4v) is 3.64. The molecule has 0 fully saturated rings. The summed E-state index contributed by atoms with van der Waals surface area (Å²) < 4.78 is 0. The minimum absolute atomic E-state index is 0.251. The fourth-order valence-electron chi connectivity index (χ4n) is 3.64. The van der Waals surface area contributed by atoms with Gasteiger partial charge in [0.15, 0.2) is 0 Å². The molecule has 30 heavy (non-hydrogen) atoms. The molecule has 148 valence electrons. The summed E-state index contributed by atoms with van der Waals surface area (Å²) in [5.74, 6) is -0.943. The first-order chi connectivity index (χ1) is 14.7. The smallest absolute Gasteiger partial charge is 0.335 e. The number of benzene rings is 4. The maximum absolute atomic E-state index is 11.1. The lowest BCUT2D eigenvalue weighted by Crippen LogP contribution is -2.47. The van der Waals surface area contributed by atoms with Crippen LogP contribution >= 0.6 is 0 Å². The molecule has 0 aliphatic carbocycles. The highest BCUT2D eigenvalue weighted by molar-refractivity contribution is 5.88. The molecule has 0 aliphatic rings. The van der Waals surface area contributed by atoms with Crippen LogP contribution in [0, 0.1) is 0 Å². The summed E-state index contributed by atoms with van der Waals surface area (Å²) in [4.78, 5) is 11.1. The summed E-state index contributed by atoms with van der Waals surface area (Å²) in [6.07, 6.45) is 0. The van der Waals surface area contributed by atoms with Gasteiger partial charge in [-0.3, -0.25) is 0 Å². The third kappa shape index (κ3) is 3.81. The number of aromatic carboxylic acids is 1. The van der Waals surface area contributed by atoms with Gasteiger partial charge in [-0.25, -0.2) is 10.2 Å². The van der Waals surface area contributed by atoms with Crippen molar-refractivity contribution in [2.75, 3.05) is 5.43 Å². The Bertz CT molecular complexity index is 999. The van der Waals surface area contributed by atoms with Crippen LogP contribution in [0.1, 0.15) is 27.0 Å². The molecule has 0 amide bonds. The van der Waals surface area contributed by atoms with Gasteiger partial charge in [0.1, 0.15) is 5.54 Å². The molecule has 3 N–H and O–H groups in total. The Morgan fingerprint density at radius 3 is 1.37 bits per heavy atom. The van der Waals surface area contributed by atoms with Crippen LogP contribution in [-0.4, -0.2) is 11.1 Å². The molecule has 0 saturated carbocycles. The number of hydrogen-bond donors (Lipinski definition) is 3. The summed E-state index contributed by atoms with van der Waals surface area (Å²) >= 11 is 0. The van der Waals surface area contributed by atoms with Crippen molar-refractivity contribution in [1.29, 1.82) is 0 Å². The second-order valence-electron chi connectivity index (χ2n) is 6.98. The lowest BCUT2D eigenvalue weighted by molar-refractivity contribution is 0.0697. The van der Waals surface area contributed by atoms with Gasteiger partial charge < -0.3 is 10.5 Å². The lowest BCUT2D eigenvalue weighted by Gasteiger charge is -2.37. The van der Waals surface area contributed by atoms with Crippen LogP contribution in [0.2, 0.25) is 0 Å². The zero-order valence-corrected chi connectivity index (χ0v) is 16.3. The number of nitrogens with one attached hydrogen (secondary N) is 2. The van der Waals surface area contributed by atoms with Gasteiger partial charge in [-0.15, -0.1) is 0 Å². The van der Waals surface area contributed by atoms with E-state index in [1.54, 1.807) is 24.3 Å². The van der Waals surface area contributed by atoms with Crippen molar-refractivity contribution in [2.24, 2.45) is 0 Å². The van der Waals surface area contributed by atoms with Crippen LogP contribution in [0.3, 0.4) is 0 Å². The molecule has 0 unspecified atom stereocenters. The first-order valence-electron chi connectivity index (χ1n) is 9.73. The Balaban J connectivity index is 1.81. The Hall–Kier alpha value is -3.89. The Labute approximate surface area is 175 Å². The Morgan fingerprint density at radius 1 is 0.600 bits per heavy atom. The van der Waals surface area contributed by atoms with Gasteiger partial charge in [-0.1, -0.05) is 91.0 Å². The SMILES string of the molecule is O=C(O)c1ccc(NNC(c2ccccc2)(c2ccccc2)c2ccccc2)cc1. The topological polar surface area (TPSA) is 61.4 Å². The van der Waals surface area contributed by atoms with E-state index in [2.05, 4.69) is 47.2 Å². The number of carboxylic acids is 1. The van der Waals surface area contributed by atoms with Crippen LogP contribution in [-0.2, 0) is 5.54 Å². The molecule has 4 rings (SSSR count). The number of carbonyl (C=O) groups is 1. The van der Waals surface area contributed by atoms with Gasteiger partial charge in [-0.2, -0.15) is 0 Å². The maximum atomic E-state index is 11.1. The van der Waals surface area contributed by atoms with Gasteiger partial charge >= 0.3 is 5.97 Å². The van der Waals surface area contributed by atoms with E-state index < -0.39 is 11.5 Å². The highest BCUT2D eigenvalue weighted by Gasteiger charge is 2.36. The van der Waals surface area contributed by atoms with Crippen LogP contribution < -0.4 is 10.9 Å². The molecule has 0 aliphatic heterocycles. The van der Waals surface area contributed by atoms with E-state index >= 15 is 0 Å². The van der Waals surface area contributed by atoms with Crippen LogP contribution in [0.25, 0.3) is 0 Å². The summed E-state index contributed by atoms with van der Waals surface area (Å²) in [5, 5.41) is 9.14. The predicted octanol–water partition coefficient (Wildman–Crippen LogP) is 5.29. The van der Waals surface area contributed by atoms with Crippen molar-refractivity contribution < 1.29 is 9.90 Å². The normalized spacial score (nSPS) is 11.1. The van der Waals surface area contributed by atoms with Crippen LogP contribution in [0.4, 0.5) is 5.69 Å². The average molecular weight is 394 g/mol. The molecule has 4 heteroatoms. The fraction of sp³-hybridized carbons (Fsp3) is 0.0385. The van der Waals surface area contributed by atoms with Gasteiger partial charge in [0.25, 0.3) is 0 Å². The lowest BCUT2D eigenvalue weighted by atomic mass is 9.77. The summed E-state index contributed by atoms with van der Waals surface area (Å²) in [6, 6.07) is 37.4. The molecule has 0 spiro atoms. The van der Waals surface area contributed by atoms with Crippen molar-refractivity contribution in [3.05, 3.63) is 138 Å². The third-order valence-corrected chi connectivity index (χ3v) is 5.15. The Kier molecular flexibility index (Phi) is 5.59. The highest BCUT2D eigenvalue weighted by Crippen LogP contribution is 2.36. The first-order valence-corrected chi connectivity index (χ1v) is 9.73. The summed E-state index contributed by atoms with van der Waals surface area (Å²) in [7, 11) is 0. The van der Waals surface area contributed by atoms with E-state index in [1.165, 1.54) is 0 Å². The monoisotopic (exact) mass is 394 g/mol. The maximum Gasteiger partial charge on any atom is 0.335 e. The number of carboxylic acid groups (broad SMARTS) is 1. The molecular weight excluding hydrogens is 372 g/mol. The molecule has 0 radical (unpaired) electrons. The van der Waals surface area contributed by atoms with E-state index in [-0.39, 0.29) is 5.56 Å². The van der Waals surface area contributed by atoms with Gasteiger partial charge in [-0.05, 0) is 41.0 Å². The molecule has 0 atom stereocenters.